The first kappa shape index (κ1) is 13.9. The fourth-order valence-electron chi connectivity index (χ4n) is 2.39. The minimum atomic E-state index is -0.0330. The van der Waals surface area contributed by atoms with Crippen molar-refractivity contribution < 1.29 is 0 Å². The third-order valence-corrected chi connectivity index (χ3v) is 3.56. The van der Waals surface area contributed by atoms with Crippen molar-refractivity contribution in [3.63, 3.8) is 0 Å². The van der Waals surface area contributed by atoms with Gasteiger partial charge in [-0.3, -0.25) is 5.41 Å². The zero-order valence-electron chi connectivity index (χ0n) is 12.0. The zero-order valence-corrected chi connectivity index (χ0v) is 12.0. The molecule has 0 heterocycles. The Labute approximate surface area is 128 Å². The monoisotopic (exact) mass is 288 g/mol. The van der Waals surface area contributed by atoms with Crippen LogP contribution in [-0.4, -0.2) is 5.84 Å². The Bertz CT molecular complexity index is 839. The quantitative estimate of drug-likeness (QED) is 0.360. The van der Waals surface area contributed by atoms with Crippen LogP contribution in [0, 0.1) is 10.9 Å². The lowest BCUT2D eigenvalue weighted by atomic mass is 10.1. The number of rotatable bonds is 4. The summed E-state index contributed by atoms with van der Waals surface area (Å²) in [6.07, 6.45) is 0. The molecule has 0 spiro atoms. The summed E-state index contributed by atoms with van der Waals surface area (Å²) in [6, 6.07) is 22.1. The fourth-order valence-corrected chi connectivity index (χ4v) is 2.39. The van der Waals surface area contributed by atoms with Gasteiger partial charge in [-0.1, -0.05) is 48.5 Å². The van der Waals surface area contributed by atoms with E-state index >= 15 is 0 Å². The number of nitrogens with zero attached hydrogens (tertiary/aromatic N) is 1. The van der Waals surface area contributed by atoms with Gasteiger partial charge in [0.25, 0.3) is 0 Å². The van der Waals surface area contributed by atoms with Crippen LogP contribution in [0.1, 0.15) is 11.1 Å². The van der Waals surface area contributed by atoms with Crippen molar-refractivity contribution in [2.24, 2.45) is 5.11 Å². The molecule has 3 N–H and O–H groups in total. The molecule has 0 bridgehead atoms. The summed E-state index contributed by atoms with van der Waals surface area (Å²) in [6.45, 7) is 0.708. The predicted molar refractivity (Wildman–Crippen MR) is 89.7 cm³/mol. The van der Waals surface area contributed by atoms with Crippen LogP contribution in [0.3, 0.4) is 0 Å². The molecule has 3 aromatic rings. The maximum absolute atomic E-state index is 7.58. The van der Waals surface area contributed by atoms with Gasteiger partial charge in [0.05, 0.1) is 0 Å². The Morgan fingerprint density at radius 3 is 2.55 bits per heavy atom. The second-order valence-electron chi connectivity index (χ2n) is 5.08. The van der Waals surface area contributed by atoms with E-state index in [0.717, 1.165) is 5.69 Å². The van der Waals surface area contributed by atoms with Gasteiger partial charge in [0.1, 0.15) is 0 Å². The molecule has 0 fully saturated rings. The summed E-state index contributed by atoms with van der Waals surface area (Å²) in [5.41, 5.74) is 9.66. The van der Waals surface area contributed by atoms with Crippen LogP contribution in [-0.2, 0) is 6.54 Å². The Balaban J connectivity index is 1.76. The molecule has 0 amide bonds. The minimum absolute atomic E-state index is 0.0330. The first-order chi connectivity index (χ1) is 10.8. The number of benzene rings is 3. The molecule has 0 aliphatic carbocycles. The largest absolute Gasteiger partial charge is 0.381 e. The van der Waals surface area contributed by atoms with Crippen LogP contribution in [0.15, 0.2) is 71.8 Å². The molecule has 0 aromatic heterocycles. The highest BCUT2D eigenvalue weighted by Gasteiger charge is 2.01. The summed E-state index contributed by atoms with van der Waals surface area (Å²) >= 11 is 0. The van der Waals surface area contributed by atoms with E-state index in [1.165, 1.54) is 16.3 Å². The van der Waals surface area contributed by atoms with Gasteiger partial charge in [-0.2, -0.15) is 0 Å². The van der Waals surface area contributed by atoms with Gasteiger partial charge in [-0.25, -0.2) is 5.53 Å². The predicted octanol–water partition coefficient (Wildman–Crippen LogP) is 4.81. The summed E-state index contributed by atoms with van der Waals surface area (Å²) < 4.78 is 0. The maximum atomic E-state index is 7.58. The summed E-state index contributed by atoms with van der Waals surface area (Å²) in [4.78, 5) is 0. The van der Waals surface area contributed by atoms with E-state index in [2.05, 4.69) is 40.8 Å². The average Bonchev–Trinajstić information content (AvgIpc) is 2.59. The number of nitrogens with one attached hydrogen (secondary N) is 3. The molecular formula is C18H16N4. The molecule has 3 aromatic carbocycles. The van der Waals surface area contributed by atoms with Crippen molar-refractivity contribution >= 4 is 22.3 Å². The molecule has 0 aliphatic rings. The highest BCUT2D eigenvalue weighted by molar-refractivity contribution is 5.97. The minimum Gasteiger partial charge on any atom is -0.381 e. The van der Waals surface area contributed by atoms with Crippen molar-refractivity contribution in [2.75, 3.05) is 5.32 Å². The van der Waals surface area contributed by atoms with Gasteiger partial charge < -0.3 is 5.32 Å². The van der Waals surface area contributed by atoms with E-state index in [9.17, 15) is 0 Å². The Morgan fingerprint density at radius 1 is 0.909 bits per heavy atom. The lowest BCUT2D eigenvalue weighted by molar-refractivity contribution is 1.15. The SMILES string of the molecule is N=NC(=N)c1cccc(NCc2ccc3ccccc3c2)c1. The van der Waals surface area contributed by atoms with Crippen LogP contribution >= 0.6 is 0 Å². The van der Waals surface area contributed by atoms with E-state index in [0.29, 0.717) is 12.1 Å². The lowest BCUT2D eigenvalue weighted by Gasteiger charge is -2.09. The standard InChI is InChI=1S/C18H16N4/c19-18(22-20)16-6-3-7-17(11-16)21-12-13-8-9-14-4-1-2-5-15(14)10-13/h1-11,19-21H,12H2. The molecule has 4 nitrogen and oxygen atoms in total. The fraction of sp³-hybridized carbons (Fsp3) is 0.0556. The molecule has 4 heteroatoms. The lowest BCUT2D eigenvalue weighted by Crippen LogP contribution is -2.01. The van der Waals surface area contributed by atoms with Gasteiger partial charge in [-0.05, 0) is 34.5 Å². The number of hydrogen-bond acceptors (Lipinski definition) is 3. The van der Waals surface area contributed by atoms with Crippen LogP contribution in [0.4, 0.5) is 5.69 Å². The average molecular weight is 288 g/mol. The molecule has 22 heavy (non-hydrogen) atoms. The number of fused-ring (bicyclic) bond motifs is 1. The smallest absolute Gasteiger partial charge is 0.173 e. The number of hydrogen-bond donors (Lipinski definition) is 3. The highest BCUT2D eigenvalue weighted by Crippen LogP contribution is 2.17. The van der Waals surface area contributed by atoms with Crippen molar-refractivity contribution in [3.05, 3.63) is 77.9 Å². The zero-order chi connectivity index (χ0) is 15.4. The topological polar surface area (TPSA) is 72.1 Å². The van der Waals surface area contributed by atoms with E-state index in [1.807, 2.05) is 30.3 Å². The van der Waals surface area contributed by atoms with Gasteiger partial charge in [-0.15, -0.1) is 5.11 Å². The van der Waals surface area contributed by atoms with Crippen molar-refractivity contribution in [3.8, 4) is 0 Å². The molecule has 0 unspecified atom stereocenters. The van der Waals surface area contributed by atoms with E-state index in [-0.39, 0.29) is 5.84 Å². The molecule has 0 atom stereocenters. The Morgan fingerprint density at radius 2 is 1.73 bits per heavy atom. The first-order valence-corrected chi connectivity index (χ1v) is 7.04. The van der Waals surface area contributed by atoms with Gasteiger partial charge >= 0.3 is 0 Å². The van der Waals surface area contributed by atoms with Crippen molar-refractivity contribution in [1.82, 2.24) is 0 Å². The Hall–Kier alpha value is -3.01. The van der Waals surface area contributed by atoms with Gasteiger partial charge in [0.2, 0.25) is 0 Å². The first-order valence-electron chi connectivity index (χ1n) is 7.04. The van der Waals surface area contributed by atoms with Crippen LogP contribution in [0.2, 0.25) is 0 Å². The van der Waals surface area contributed by atoms with E-state index in [4.69, 9.17) is 10.9 Å². The summed E-state index contributed by atoms with van der Waals surface area (Å²) in [5.74, 6) is -0.0330. The maximum Gasteiger partial charge on any atom is 0.173 e. The number of anilines is 1. The molecule has 108 valence electrons. The van der Waals surface area contributed by atoms with E-state index in [1.54, 1.807) is 6.07 Å². The molecule has 0 radical (unpaired) electrons. The van der Waals surface area contributed by atoms with Crippen molar-refractivity contribution in [1.29, 1.82) is 10.9 Å². The number of amidine groups is 1. The normalized spacial score (nSPS) is 10.4. The molecule has 3 rings (SSSR count). The van der Waals surface area contributed by atoms with Crippen molar-refractivity contribution in [2.45, 2.75) is 6.54 Å². The molecular weight excluding hydrogens is 272 g/mol. The molecule has 0 saturated carbocycles. The highest BCUT2D eigenvalue weighted by atomic mass is 15.0. The molecule has 0 saturated heterocycles. The van der Waals surface area contributed by atoms with Gasteiger partial charge in [0.15, 0.2) is 5.84 Å². The third kappa shape index (κ3) is 3.01. The van der Waals surface area contributed by atoms with Gasteiger partial charge in [0, 0.05) is 17.8 Å². The summed E-state index contributed by atoms with van der Waals surface area (Å²) in [5, 5.41) is 16.5. The molecule has 0 aliphatic heterocycles. The second-order valence-corrected chi connectivity index (χ2v) is 5.08. The Kier molecular flexibility index (Phi) is 3.92. The van der Waals surface area contributed by atoms with E-state index < -0.39 is 0 Å². The second kappa shape index (κ2) is 6.18. The van der Waals surface area contributed by atoms with Crippen LogP contribution < -0.4 is 5.32 Å². The third-order valence-electron chi connectivity index (χ3n) is 3.56. The summed E-state index contributed by atoms with van der Waals surface area (Å²) in [7, 11) is 0. The van der Waals surface area contributed by atoms with Crippen LogP contribution in [0.5, 0.6) is 0 Å². The van der Waals surface area contributed by atoms with Crippen LogP contribution in [0.25, 0.3) is 10.8 Å².